The van der Waals surface area contributed by atoms with Gasteiger partial charge in [-0.1, -0.05) is 11.8 Å². The summed E-state index contributed by atoms with van der Waals surface area (Å²) >= 11 is 4.41. The van der Waals surface area contributed by atoms with Gasteiger partial charge in [0.1, 0.15) is 0 Å². The van der Waals surface area contributed by atoms with Gasteiger partial charge in [0.05, 0.1) is 31.1 Å². The van der Waals surface area contributed by atoms with Crippen molar-refractivity contribution in [1.82, 2.24) is 14.8 Å². The van der Waals surface area contributed by atoms with E-state index < -0.39 is 11.9 Å². The Morgan fingerprint density at radius 2 is 1.74 bits per heavy atom. The first-order chi connectivity index (χ1) is 14.8. The molecule has 0 spiro atoms. The van der Waals surface area contributed by atoms with E-state index in [-0.39, 0.29) is 28.5 Å². The zero-order valence-corrected chi connectivity index (χ0v) is 19.1. The van der Waals surface area contributed by atoms with Crippen LogP contribution < -0.4 is 5.32 Å². The van der Waals surface area contributed by atoms with Crippen LogP contribution in [0.15, 0.2) is 44.6 Å². The van der Waals surface area contributed by atoms with Crippen molar-refractivity contribution in [2.75, 3.05) is 25.3 Å². The van der Waals surface area contributed by atoms with Gasteiger partial charge in [0.25, 0.3) is 0 Å². The molecule has 1 aromatic carbocycles. The van der Waals surface area contributed by atoms with Crippen molar-refractivity contribution >= 4 is 51.2 Å². The Labute approximate surface area is 189 Å². The zero-order chi connectivity index (χ0) is 22.5. The highest BCUT2D eigenvalue weighted by Gasteiger charge is 2.17. The molecule has 2 heterocycles. The van der Waals surface area contributed by atoms with Gasteiger partial charge in [-0.3, -0.25) is 4.79 Å². The van der Waals surface area contributed by atoms with Crippen LogP contribution in [0.2, 0.25) is 0 Å². The Morgan fingerprint density at radius 3 is 2.29 bits per heavy atom. The third-order valence-electron chi connectivity index (χ3n) is 4.02. The Kier molecular flexibility index (Phi) is 7.13. The number of carbonyl (C=O) groups excluding carboxylic acids is 3. The van der Waals surface area contributed by atoms with E-state index in [1.54, 1.807) is 23.7 Å². The van der Waals surface area contributed by atoms with Gasteiger partial charge in [-0.15, -0.1) is 10.2 Å². The highest BCUT2D eigenvalue weighted by Crippen LogP contribution is 2.26. The van der Waals surface area contributed by atoms with Gasteiger partial charge in [0.2, 0.25) is 5.91 Å². The van der Waals surface area contributed by atoms with E-state index >= 15 is 0 Å². The quantitative estimate of drug-likeness (QED) is 0.378. The number of aromatic nitrogens is 3. The van der Waals surface area contributed by atoms with E-state index in [1.807, 2.05) is 0 Å². The number of nitrogens with zero attached hydrogens (tertiary/aromatic N) is 3. The van der Waals surface area contributed by atoms with Crippen LogP contribution in [0.1, 0.15) is 20.7 Å². The monoisotopic (exact) mass is 508 g/mol. The maximum absolute atomic E-state index is 12.4. The van der Waals surface area contributed by atoms with Crippen molar-refractivity contribution in [3.63, 3.8) is 0 Å². The van der Waals surface area contributed by atoms with Crippen LogP contribution in [0.3, 0.4) is 0 Å². The second-order valence-corrected chi connectivity index (χ2v) is 7.81. The van der Waals surface area contributed by atoms with Crippen LogP contribution in [0.5, 0.6) is 0 Å². The number of esters is 2. The number of carbonyl (C=O) groups is 3. The van der Waals surface area contributed by atoms with Gasteiger partial charge in [-0.05, 0) is 46.3 Å². The van der Waals surface area contributed by atoms with Crippen molar-refractivity contribution in [3.05, 3.63) is 46.1 Å². The molecule has 3 rings (SSSR count). The summed E-state index contributed by atoms with van der Waals surface area (Å²) in [7, 11) is 4.20. The predicted octanol–water partition coefficient (Wildman–Crippen LogP) is 3.14. The number of hydrogen-bond acceptors (Lipinski definition) is 9. The average Bonchev–Trinajstić information content (AvgIpc) is 3.35. The van der Waals surface area contributed by atoms with E-state index in [9.17, 15) is 14.4 Å². The lowest BCUT2D eigenvalue weighted by molar-refractivity contribution is -0.113. The van der Waals surface area contributed by atoms with Gasteiger partial charge in [-0.2, -0.15) is 0 Å². The third-order valence-corrected chi connectivity index (χ3v) is 5.47. The summed E-state index contributed by atoms with van der Waals surface area (Å²) in [5, 5.41) is 11.3. The molecule has 1 amide bonds. The van der Waals surface area contributed by atoms with Crippen LogP contribution in [0, 0.1) is 0 Å². The lowest BCUT2D eigenvalue weighted by atomic mass is 10.1. The highest BCUT2D eigenvalue weighted by atomic mass is 79.9. The number of nitrogens with one attached hydrogen (secondary N) is 1. The second kappa shape index (κ2) is 9.79. The van der Waals surface area contributed by atoms with Crippen molar-refractivity contribution in [2.24, 2.45) is 7.05 Å². The average molecular weight is 509 g/mol. The number of furan rings is 1. The second-order valence-electron chi connectivity index (χ2n) is 6.09. The minimum absolute atomic E-state index is 0.0177. The number of hydrogen-bond donors (Lipinski definition) is 1. The first-order valence-corrected chi connectivity index (χ1v) is 10.5. The fourth-order valence-corrected chi connectivity index (χ4v) is 3.61. The van der Waals surface area contributed by atoms with Gasteiger partial charge < -0.3 is 23.8 Å². The molecule has 12 heteroatoms. The number of methoxy groups -OCH3 is 2. The van der Waals surface area contributed by atoms with E-state index in [0.717, 1.165) is 0 Å². The fraction of sp³-hybridized carbons (Fsp3) is 0.211. The van der Waals surface area contributed by atoms with Crippen LogP contribution >= 0.6 is 27.7 Å². The summed E-state index contributed by atoms with van der Waals surface area (Å²) in [4.78, 5) is 36.2. The molecule has 0 fully saturated rings. The minimum atomic E-state index is -0.646. The first-order valence-electron chi connectivity index (χ1n) is 8.72. The summed E-state index contributed by atoms with van der Waals surface area (Å²) in [6, 6.07) is 7.65. The van der Waals surface area contributed by atoms with Gasteiger partial charge >= 0.3 is 11.9 Å². The minimum Gasteiger partial charge on any atom is -0.465 e. The predicted molar refractivity (Wildman–Crippen MR) is 115 cm³/mol. The van der Waals surface area contributed by atoms with Gasteiger partial charge in [0, 0.05) is 12.7 Å². The molecule has 0 aliphatic carbocycles. The summed E-state index contributed by atoms with van der Waals surface area (Å²) in [6.45, 7) is 0. The normalized spacial score (nSPS) is 10.6. The molecule has 3 aromatic rings. The van der Waals surface area contributed by atoms with E-state index in [2.05, 4.69) is 40.9 Å². The number of thioether (sulfide) groups is 1. The molecule has 0 aliphatic heterocycles. The SMILES string of the molecule is COC(=O)c1cc(NC(=O)CSc2nnc(-c3ccc(Br)o3)n2C)cc(C(=O)OC)c1. The molecule has 2 aromatic heterocycles. The van der Waals surface area contributed by atoms with Crippen molar-refractivity contribution in [2.45, 2.75) is 5.16 Å². The standard InChI is InChI=1S/C19H17BrN4O6S/c1-24-16(13-4-5-14(20)30-13)22-23-19(24)31-9-15(25)21-12-7-10(17(26)28-2)6-11(8-12)18(27)29-3/h4-8H,9H2,1-3H3,(H,21,25). The molecule has 0 saturated heterocycles. The molecular weight excluding hydrogens is 492 g/mol. The number of amides is 1. The Bertz CT molecular complexity index is 1110. The van der Waals surface area contributed by atoms with E-state index in [0.29, 0.717) is 21.4 Å². The molecule has 1 N–H and O–H groups in total. The topological polar surface area (TPSA) is 126 Å². The number of rotatable bonds is 7. The van der Waals surface area contributed by atoms with Crippen LogP contribution in [0.25, 0.3) is 11.6 Å². The molecule has 0 unspecified atom stereocenters. The van der Waals surface area contributed by atoms with Crippen LogP contribution in [-0.2, 0) is 21.3 Å². The summed E-state index contributed by atoms with van der Waals surface area (Å²) < 4.78 is 17.1. The maximum Gasteiger partial charge on any atom is 0.337 e. The molecule has 0 aliphatic rings. The molecule has 0 saturated carbocycles. The Morgan fingerprint density at radius 1 is 1.10 bits per heavy atom. The van der Waals surface area contributed by atoms with Crippen molar-refractivity contribution < 1.29 is 28.3 Å². The Hall–Kier alpha value is -3.12. The lowest BCUT2D eigenvalue weighted by Crippen LogP contribution is -2.16. The largest absolute Gasteiger partial charge is 0.465 e. The molecule has 31 heavy (non-hydrogen) atoms. The lowest BCUT2D eigenvalue weighted by Gasteiger charge is -2.09. The summed E-state index contributed by atoms with van der Waals surface area (Å²) in [5.74, 6) is -0.592. The number of benzene rings is 1. The number of halogens is 1. The summed E-state index contributed by atoms with van der Waals surface area (Å²) in [6.07, 6.45) is 0. The van der Waals surface area contributed by atoms with Crippen molar-refractivity contribution in [1.29, 1.82) is 0 Å². The molecular formula is C19H17BrN4O6S. The third kappa shape index (κ3) is 5.33. The van der Waals surface area contributed by atoms with E-state index in [1.165, 1.54) is 44.2 Å². The summed E-state index contributed by atoms with van der Waals surface area (Å²) in [5.41, 5.74) is 0.472. The molecule has 0 atom stereocenters. The fourth-order valence-electron chi connectivity index (χ4n) is 2.59. The first kappa shape index (κ1) is 22.6. The molecule has 162 valence electrons. The molecule has 0 bridgehead atoms. The van der Waals surface area contributed by atoms with Gasteiger partial charge in [-0.25, -0.2) is 9.59 Å². The number of anilines is 1. The Balaban J connectivity index is 1.70. The maximum atomic E-state index is 12.4. The molecule has 0 radical (unpaired) electrons. The smallest absolute Gasteiger partial charge is 0.337 e. The zero-order valence-electron chi connectivity index (χ0n) is 16.7. The molecule has 10 nitrogen and oxygen atoms in total. The highest BCUT2D eigenvalue weighted by molar-refractivity contribution is 9.10. The van der Waals surface area contributed by atoms with Gasteiger partial charge in [0.15, 0.2) is 21.4 Å². The number of ether oxygens (including phenoxy) is 2. The van der Waals surface area contributed by atoms with Crippen LogP contribution in [0.4, 0.5) is 5.69 Å². The van der Waals surface area contributed by atoms with E-state index in [4.69, 9.17) is 4.42 Å². The van der Waals surface area contributed by atoms with Crippen LogP contribution in [-0.4, -0.2) is 52.6 Å². The van der Waals surface area contributed by atoms with Crippen molar-refractivity contribution in [3.8, 4) is 11.6 Å².